The minimum Gasteiger partial charge on any atom is -0.449 e. The monoisotopic (exact) mass is 400 g/mol. The zero-order valence-corrected chi connectivity index (χ0v) is 17.1. The van der Waals surface area contributed by atoms with Crippen LogP contribution in [0.3, 0.4) is 0 Å². The van der Waals surface area contributed by atoms with E-state index in [1.54, 1.807) is 6.92 Å². The van der Waals surface area contributed by atoms with Crippen LogP contribution in [0, 0.1) is 11.8 Å². The Labute approximate surface area is 170 Å². The van der Waals surface area contributed by atoms with E-state index in [0.717, 1.165) is 17.7 Å². The third kappa shape index (κ3) is 4.66. The Balaban J connectivity index is 1.57. The molecule has 29 heavy (non-hydrogen) atoms. The van der Waals surface area contributed by atoms with Crippen molar-refractivity contribution >= 4 is 29.4 Å². The number of benzene rings is 1. The van der Waals surface area contributed by atoms with E-state index >= 15 is 0 Å². The quantitative estimate of drug-likeness (QED) is 0.606. The summed E-state index contributed by atoms with van der Waals surface area (Å²) in [4.78, 5) is 49.6. The average molecular weight is 400 g/mol. The molecule has 1 saturated carbocycles. The maximum atomic E-state index is 12.5. The Hall–Kier alpha value is -2.70. The number of amides is 3. The van der Waals surface area contributed by atoms with Gasteiger partial charge >= 0.3 is 5.97 Å². The highest BCUT2D eigenvalue weighted by Crippen LogP contribution is 2.29. The Morgan fingerprint density at radius 2 is 1.69 bits per heavy atom. The largest absolute Gasteiger partial charge is 0.449 e. The van der Waals surface area contributed by atoms with Crippen molar-refractivity contribution < 1.29 is 23.9 Å². The van der Waals surface area contributed by atoms with Gasteiger partial charge in [0, 0.05) is 18.9 Å². The van der Waals surface area contributed by atoms with Gasteiger partial charge in [-0.1, -0.05) is 26.7 Å². The van der Waals surface area contributed by atoms with E-state index < -0.39 is 12.1 Å². The molecule has 0 radical (unpaired) electrons. The number of anilines is 1. The van der Waals surface area contributed by atoms with Gasteiger partial charge in [-0.25, -0.2) is 4.79 Å². The molecule has 2 aliphatic rings. The summed E-state index contributed by atoms with van der Waals surface area (Å²) in [6.07, 6.45) is 2.68. The molecule has 4 atom stereocenters. The molecule has 1 aromatic carbocycles. The molecule has 1 aliphatic heterocycles. The lowest BCUT2D eigenvalue weighted by atomic mass is 9.78. The molecule has 156 valence electrons. The van der Waals surface area contributed by atoms with Crippen LogP contribution >= 0.6 is 0 Å². The molecule has 1 heterocycles. The van der Waals surface area contributed by atoms with Gasteiger partial charge in [-0.2, -0.15) is 0 Å². The van der Waals surface area contributed by atoms with Crippen LogP contribution < -0.4 is 10.2 Å². The van der Waals surface area contributed by atoms with Gasteiger partial charge in [0.1, 0.15) is 0 Å². The topological polar surface area (TPSA) is 92.8 Å². The normalized spacial score (nSPS) is 25.6. The van der Waals surface area contributed by atoms with Crippen molar-refractivity contribution in [1.29, 1.82) is 0 Å². The van der Waals surface area contributed by atoms with Crippen molar-refractivity contribution in [3.8, 4) is 0 Å². The summed E-state index contributed by atoms with van der Waals surface area (Å²) in [5.74, 6) is -0.472. The van der Waals surface area contributed by atoms with Gasteiger partial charge in [0.25, 0.3) is 5.91 Å². The lowest BCUT2D eigenvalue weighted by molar-refractivity contribution is -0.130. The first-order valence-electron chi connectivity index (χ1n) is 10.2. The van der Waals surface area contributed by atoms with Crippen LogP contribution in [0.15, 0.2) is 24.3 Å². The first-order valence-corrected chi connectivity index (χ1v) is 10.2. The molecule has 7 nitrogen and oxygen atoms in total. The van der Waals surface area contributed by atoms with Crippen molar-refractivity contribution in [3.63, 3.8) is 0 Å². The molecule has 0 bridgehead atoms. The van der Waals surface area contributed by atoms with Crippen LogP contribution in [0.4, 0.5) is 5.69 Å². The van der Waals surface area contributed by atoms with Gasteiger partial charge in [0.05, 0.1) is 11.3 Å². The maximum Gasteiger partial charge on any atom is 0.338 e. The Bertz CT molecular complexity index is 788. The number of esters is 1. The molecule has 0 aromatic heterocycles. The number of nitrogens with zero attached hydrogens (tertiary/aromatic N) is 1. The smallest absolute Gasteiger partial charge is 0.338 e. The molecule has 2 fully saturated rings. The van der Waals surface area contributed by atoms with Crippen LogP contribution in [0.2, 0.25) is 0 Å². The van der Waals surface area contributed by atoms with Crippen LogP contribution in [0.25, 0.3) is 0 Å². The summed E-state index contributed by atoms with van der Waals surface area (Å²) >= 11 is 0. The number of carbonyl (C=O) groups excluding carboxylic acids is 4. The lowest BCUT2D eigenvalue weighted by Crippen LogP contribution is -2.47. The third-order valence-electron chi connectivity index (χ3n) is 6.10. The molecule has 3 rings (SSSR count). The Morgan fingerprint density at radius 1 is 1.07 bits per heavy atom. The molecule has 1 aromatic rings. The molecule has 1 saturated heterocycles. The standard InChI is InChI=1S/C22H28N2O5/c1-13-5-4-6-18(14(13)2)23-21(27)15(3)29-22(28)16-7-9-17(10-8-16)24-19(25)11-12-20(24)26/h7-10,13-15,18H,4-6,11-12H2,1-3H3,(H,23,27)/t13-,14-,15-,18-/m1/s1. The predicted molar refractivity (Wildman–Crippen MR) is 107 cm³/mol. The summed E-state index contributed by atoms with van der Waals surface area (Å²) in [7, 11) is 0. The first-order chi connectivity index (χ1) is 13.8. The summed E-state index contributed by atoms with van der Waals surface area (Å²) < 4.78 is 5.31. The van der Waals surface area contributed by atoms with E-state index in [2.05, 4.69) is 19.2 Å². The molecule has 1 aliphatic carbocycles. The first kappa shape index (κ1) is 21.0. The van der Waals surface area contributed by atoms with Crippen LogP contribution in [-0.2, 0) is 19.1 Å². The molecule has 0 spiro atoms. The fourth-order valence-electron chi connectivity index (χ4n) is 3.98. The van der Waals surface area contributed by atoms with E-state index in [4.69, 9.17) is 4.74 Å². The van der Waals surface area contributed by atoms with Crippen molar-refractivity contribution in [3.05, 3.63) is 29.8 Å². The maximum absolute atomic E-state index is 12.5. The number of carbonyl (C=O) groups is 4. The molecular weight excluding hydrogens is 372 g/mol. The van der Waals surface area contributed by atoms with E-state index in [9.17, 15) is 19.2 Å². The highest BCUT2D eigenvalue weighted by Gasteiger charge is 2.31. The third-order valence-corrected chi connectivity index (χ3v) is 6.10. The van der Waals surface area contributed by atoms with Crippen molar-refractivity contribution in [2.24, 2.45) is 11.8 Å². The lowest BCUT2D eigenvalue weighted by Gasteiger charge is -2.35. The van der Waals surface area contributed by atoms with Gasteiger partial charge in [0.15, 0.2) is 6.10 Å². The second kappa shape index (κ2) is 8.76. The van der Waals surface area contributed by atoms with E-state index in [1.165, 1.54) is 30.7 Å². The number of hydrogen-bond donors (Lipinski definition) is 1. The van der Waals surface area contributed by atoms with E-state index in [0.29, 0.717) is 17.5 Å². The second-order valence-electron chi connectivity index (χ2n) is 8.10. The molecule has 1 N–H and O–H groups in total. The number of imide groups is 1. The van der Waals surface area contributed by atoms with Gasteiger partial charge in [0.2, 0.25) is 11.8 Å². The molecule has 7 heteroatoms. The zero-order chi connectivity index (χ0) is 21.1. The Kier molecular flexibility index (Phi) is 6.35. The molecule has 0 unspecified atom stereocenters. The SMILES string of the molecule is C[C@@H]1[C@H](C)CCC[C@H]1NC(=O)[C@@H](C)OC(=O)c1ccc(N2C(=O)CCC2=O)cc1. The van der Waals surface area contributed by atoms with Crippen molar-refractivity contribution in [2.75, 3.05) is 4.90 Å². The molecular formula is C22H28N2O5. The summed E-state index contributed by atoms with van der Waals surface area (Å²) in [5, 5.41) is 3.01. The minimum atomic E-state index is -0.909. The van der Waals surface area contributed by atoms with Crippen molar-refractivity contribution in [1.82, 2.24) is 5.32 Å². The number of rotatable bonds is 5. The zero-order valence-electron chi connectivity index (χ0n) is 17.1. The fraction of sp³-hybridized carbons (Fsp3) is 0.545. The summed E-state index contributed by atoms with van der Waals surface area (Å²) in [5.41, 5.74) is 0.687. The van der Waals surface area contributed by atoms with Crippen molar-refractivity contribution in [2.45, 2.75) is 65.0 Å². The minimum absolute atomic E-state index is 0.0993. The highest BCUT2D eigenvalue weighted by molar-refractivity contribution is 6.19. The average Bonchev–Trinajstić information content (AvgIpc) is 3.03. The van der Waals surface area contributed by atoms with E-state index in [1.807, 2.05) is 0 Å². The van der Waals surface area contributed by atoms with Crippen LogP contribution in [-0.4, -0.2) is 35.8 Å². The number of ether oxygens (including phenoxy) is 1. The summed E-state index contributed by atoms with van der Waals surface area (Å²) in [6.45, 7) is 5.89. The van der Waals surface area contributed by atoms with Gasteiger partial charge in [-0.05, 0) is 49.4 Å². The fourth-order valence-corrected chi connectivity index (χ4v) is 3.98. The second-order valence-corrected chi connectivity index (χ2v) is 8.10. The van der Waals surface area contributed by atoms with Gasteiger partial charge in [-0.15, -0.1) is 0 Å². The van der Waals surface area contributed by atoms with Crippen LogP contribution in [0.1, 0.15) is 63.2 Å². The Morgan fingerprint density at radius 3 is 2.31 bits per heavy atom. The number of nitrogens with one attached hydrogen (secondary N) is 1. The number of hydrogen-bond acceptors (Lipinski definition) is 5. The summed E-state index contributed by atoms with van der Waals surface area (Å²) in [6, 6.07) is 6.15. The van der Waals surface area contributed by atoms with Crippen LogP contribution in [0.5, 0.6) is 0 Å². The molecule has 3 amide bonds. The highest BCUT2D eigenvalue weighted by atomic mass is 16.5. The predicted octanol–water partition coefficient (Wildman–Crippen LogP) is 2.83. The van der Waals surface area contributed by atoms with Gasteiger partial charge < -0.3 is 10.1 Å². The van der Waals surface area contributed by atoms with E-state index in [-0.39, 0.29) is 42.2 Å². The van der Waals surface area contributed by atoms with Gasteiger partial charge in [-0.3, -0.25) is 19.3 Å².